The molecule has 0 fully saturated rings. The van der Waals surface area contributed by atoms with Crippen molar-refractivity contribution < 1.29 is 9.84 Å². The van der Waals surface area contributed by atoms with E-state index in [-0.39, 0.29) is 6.10 Å². The Hall–Kier alpha value is -0.860. The van der Waals surface area contributed by atoms with Gasteiger partial charge in [0.25, 0.3) is 0 Å². The molecule has 0 amide bonds. The average Bonchev–Trinajstić information content (AvgIpc) is 2.25. The minimum Gasteiger partial charge on any atom is -0.393 e. The van der Waals surface area contributed by atoms with E-state index >= 15 is 0 Å². The maximum absolute atomic E-state index is 9.56. The topological polar surface area (TPSA) is 29.5 Å². The number of hydrogen-bond donors (Lipinski definition) is 1. The molecule has 78 valence electrons. The lowest BCUT2D eigenvalue weighted by molar-refractivity contribution is 0.104. The predicted molar refractivity (Wildman–Crippen MR) is 57.3 cm³/mol. The zero-order valence-electron chi connectivity index (χ0n) is 8.65. The van der Waals surface area contributed by atoms with Crippen molar-refractivity contribution in [2.45, 2.75) is 25.4 Å². The van der Waals surface area contributed by atoms with Crippen molar-refractivity contribution in [2.24, 2.45) is 0 Å². The molecule has 1 N–H and O–H groups in total. The highest BCUT2D eigenvalue weighted by Crippen LogP contribution is 2.06. The Bertz CT molecular complexity index is 233. The van der Waals surface area contributed by atoms with Crippen molar-refractivity contribution in [1.29, 1.82) is 0 Å². The zero-order chi connectivity index (χ0) is 10.2. The van der Waals surface area contributed by atoms with Crippen molar-refractivity contribution in [1.82, 2.24) is 0 Å². The second-order valence-corrected chi connectivity index (χ2v) is 3.46. The molecule has 0 bridgehead atoms. The summed E-state index contributed by atoms with van der Waals surface area (Å²) in [6.45, 7) is 0.635. The van der Waals surface area contributed by atoms with Gasteiger partial charge in [-0.25, -0.2) is 0 Å². The molecule has 0 spiro atoms. The summed E-state index contributed by atoms with van der Waals surface area (Å²) in [6.07, 6.45) is 2.23. The molecule has 0 heterocycles. The molecule has 0 aliphatic heterocycles. The SMILES string of the molecule is COCCC(O)CCc1ccccc1. The largest absolute Gasteiger partial charge is 0.393 e. The first-order chi connectivity index (χ1) is 6.83. The van der Waals surface area contributed by atoms with Crippen LogP contribution in [0.25, 0.3) is 0 Å². The molecule has 1 aromatic rings. The predicted octanol–water partition coefficient (Wildman–Crippen LogP) is 2.02. The first kappa shape index (κ1) is 11.2. The van der Waals surface area contributed by atoms with Gasteiger partial charge in [0.2, 0.25) is 0 Å². The molecule has 0 saturated heterocycles. The van der Waals surface area contributed by atoms with Crippen molar-refractivity contribution in [3.8, 4) is 0 Å². The summed E-state index contributed by atoms with van der Waals surface area (Å²) < 4.78 is 4.90. The molecule has 1 rings (SSSR count). The van der Waals surface area contributed by atoms with E-state index < -0.39 is 0 Å². The van der Waals surface area contributed by atoms with E-state index in [1.165, 1.54) is 5.56 Å². The molecule has 1 unspecified atom stereocenters. The highest BCUT2D eigenvalue weighted by molar-refractivity contribution is 5.14. The van der Waals surface area contributed by atoms with Crippen LogP contribution in [0.4, 0.5) is 0 Å². The summed E-state index contributed by atoms with van der Waals surface area (Å²) in [5, 5.41) is 9.56. The number of ether oxygens (including phenoxy) is 1. The Labute approximate surface area is 85.5 Å². The summed E-state index contributed by atoms with van der Waals surface area (Å²) in [7, 11) is 1.66. The highest BCUT2D eigenvalue weighted by Gasteiger charge is 2.03. The third-order valence-electron chi connectivity index (χ3n) is 2.26. The molecular formula is C12H18O2. The fourth-order valence-electron chi connectivity index (χ4n) is 1.38. The lowest BCUT2D eigenvalue weighted by Gasteiger charge is -2.09. The summed E-state index contributed by atoms with van der Waals surface area (Å²) in [6, 6.07) is 10.2. The second kappa shape index (κ2) is 6.57. The normalized spacial score (nSPS) is 12.7. The average molecular weight is 194 g/mol. The minimum absolute atomic E-state index is 0.241. The Morgan fingerprint density at radius 3 is 2.57 bits per heavy atom. The van der Waals surface area contributed by atoms with Crippen LogP contribution in [0.15, 0.2) is 30.3 Å². The van der Waals surface area contributed by atoms with Crippen LogP contribution in [0.3, 0.4) is 0 Å². The minimum atomic E-state index is -0.241. The number of rotatable bonds is 6. The van der Waals surface area contributed by atoms with E-state index in [0.717, 1.165) is 19.3 Å². The number of benzene rings is 1. The molecule has 0 saturated carbocycles. The number of aliphatic hydroxyl groups is 1. The maximum Gasteiger partial charge on any atom is 0.0565 e. The number of methoxy groups -OCH3 is 1. The van der Waals surface area contributed by atoms with Crippen molar-refractivity contribution in [3.63, 3.8) is 0 Å². The van der Waals surface area contributed by atoms with Crippen LogP contribution in [-0.4, -0.2) is 24.9 Å². The number of aryl methyl sites for hydroxylation is 1. The Morgan fingerprint density at radius 2 is 1.93 bits per heavy atom. The molecule has 1 atom stereocenters. The standard InChI is InChI=1S/C12H18O2/c1-14-10-9-12(13)8-7-11-5-3-2-4-6-11/h2-6,12-13H,7-10H2,1H3. The van der Waals surface area contributed by atoms with E-state index in [0.29, 0.717) is 6.61 Å². The van der Waals surface area contributed by atoms with Gasteiger partial charge in [-0.2, -0.15) is 0 Å². The van der Waals surface area contributed by atoms with Crippen molar-refractivity contribution in [3.05, 3.63) is 35.9 Å². The van der Waals surface area contributed by atoms with Gasteiger partial charge in [-0.1, -0.05) is 30.3 Å². The third-order valence-corrected chi connectivity index (χ3v) is 2.26. The van der Waals surface area contributed by atoms with E-state index in [1.54, 1.807) is 7.11 Å². The van der Waals surface area contributed by atoms with Gasteiger partial charge in [0.1, 0.15) is 0 Å². The van der Waals surface area contributed by atoms with Crippen molar-refractivity contribution >= 4 is 0 Å². The molecule has 1 aromatic carbocycles. The fraction of sp³-hybridized carbons (Fsp3) is 0.500. The van der Waals surface area contributed by atoms with E-state index in [2.05, 4.69) is 12.1 Å². The molecule has 14 heavy (non-hydrogen) atoms. The van der Waals surface area contributed by atoms with Crippen LogP contribution >= 0.6 is 0 Å². The van der Waals surface area contributed by atoms with Crippen molar-refractivity contribution in [2.75, 3.05) is 13.7 Å². The lowest BCUT2D eigenvalue weighted by Crippen LogP contribution is -2.10. The highest BCUT2D eigenvalue weighted by atomic mass is 16.5. The maximum atomic E-state index is 9.56. The summed E-state index contributed by atoms with van der Waals surface area (Å²) in [5.41, 5.74) is 1.28. The molecule has 2 heteroatoms. The van der Waals surface area contributed by atoms with Crippen LogP contribution in [0, 0.1) is 0 Å². The summed E-state index contributed by atoms with van der Waals surface area (Å²) >= 11 is 0. The van der Waals surface area contributed by atoms with Gasteiger partial charge in [0, 0.05) is 13.7 Å². The van der Waals surface area contributed by atoms with E-state index in [4.69, 9.17) is 4.74 Å². The zero-order valence-corrected chi connectivity index (χ0v) is 8.65. The molecule has 0 aromatic heterocycles. The number of hydrogen-bond acceptors (Lipinski definition) is 2. The van der Waals surface area contributed by atoms with Crippen LogP contribution in [0.2, 0.25) is 0 Å². The second-order valence-electron chi connectivity index (χ2n) is 3.46. The van der Waals surface area contributed by atoms with Crippen LogP contribution in [-0.2, 0) is 11.2 Å². The monoisotopic (exact) mass is 194 g/mol. The first-order valence-electron chi connectivity index (χ1n) is 5.04. The Kier molecular flexibility index (Phi) is 5.27. The quantitative estimate of drug-likeness (QED) is 0.750. The van der Waals surface area contributed by atoms with Gasteiger partial charge in [-0.15, -0.1) is 0 Å². The lowest BCUT2D eigenvalue weighted by atomic mass is 10.1. The Balaban J connectivity index is 2.20. The molecular weight excluding hydrogens is 176 g/mol. The smallest absolute Gasteiger partial charge is 0.0565 e. The van der Waals surface area contributed by atoms with E-state index in [1.807, 2.05) is 18.2 Å². The van der Waals surface area contributed by atoms with Gasteiger partial charge >= 0.3 is 0 Å². The number of aliphatic hydroxyl groups excluding tert-OH is 1. The van der Waals surface area contributed by atoms with Gasteiger partial charge < -0.3 is 9.84 Å². The van der Waals surface area contributed by atoms with Gasteiger partial charge in [0.15, 0.2) is 0 Å². The summed E-state index contributed by atoms with van der Waals surface area (Å²) in [5.74, 6) is 0. The molecule has 2 nitrogen and oxygen atoms in total. The first-order valence-corrected chi connectivity index (χ1v) is 5.04. The van der Waals surface area contributed by atoms with Gasteiger partial charge in [-0.3, -0.25) is 0 Å². The Morgan fingerprint density at radius 1 is 1.21 bits per heavy atom. The van der Waals surface area contributed by atoms with Crippen LogP contribution in [0.5, 0.6) is 0 Å². The fourth-order valence-corrected chi connectivity index (χ4v) is 1.38. The molecule has 0 aliphatic carbocycles. The molecule has 0 aliphatic rings. The third kappa shape index (κ3) is 4.40. The van der Waals surface area contributed by atoms with Crippen LogP contribution in [0.1, 0.15) is 18.4 Å². The van der Waals surface area contributed by atoms with Gasteiger partial charge in [0.05, 0.1) is 6.10 Å². The molecule has 0 radical (unpaired) electrons. The van der Waals surface area contributed by atoms with Gasteiger partial charge in [-0.05, 0) is 24.8 Å². The van der Waals surface area contributed by atoms with Crippen LogP contribution < -0.4 is 0 Å². The summed E-state index contributed by atoms with van der Waals surface area (Å²) in [4.78, 5) is 0. The van der Waals surface area contributed by atoms with E-state index in [9.17, 15) is 5.11 Å².